The lowest BCUT2D eigenvalue weighted by Crippen LogP contribution is -2.42. The summed E-state index contributed by atoms with van der Waals surface area (Å²) in [7, 11) is 0. The van der Waals surface area contributed by atoms with Crippen molar-refractivity contribution in [2.45, 2.75) is 31.5 Å². The third kappa shape index (κ3) is 3.15. The number of hydrogen-bond acceptors (Lipinski definition) is 4. The van der Waals surface area contributed by atoms with Crippen LogP contribution in [0.25, 0.3) is 11.1 Å². The number of aliphatic hydroxyl groups excluding tert-OH is 1. The topological polar surface area (TPSA) is 84.5 Å². The van der Waals surface area contributed by atoms with Crippen LogP contribution in [0.15, 0.2) is 63.8 Å². The van der Waals surface area contributed by atoms with E-state index in [0.717, 1.165) is 5.56 Å². The molecule has 1 aliphatic carbocycles. The molecule has 1 saturated carbocycles. The summed E-state index contributed by atoms with van der Waals surface area (Å²) < 4.78 is 6.51. The van der Waals surface area contributed by atoms with Crippen LogP contribution in [-0.2, 0) is 11.3 Å². The average molecular weight is 352 g/mol. The fraction of sp³-hybridized carbons (Fsp3) is 0.300. The van der Waals surface area contributed by atoms with Gasteiger partial charge in [0.05, 0.1) is 17.7 Å². The summed E-state index contributed by atoms with van der Waals surface area (Å²) in [6.45, 7) is -0.103. The zero-order valence-corrected chi connectivity index (χ0v) is 14.2. The molecular formula is C20H20N2O4. The Kier molecular flexibility index (Phi) is 4.34. The van der Waals surface area contributed by atoms with E-state index < -0.39 is 5.76 Å². The summed E-state index contributed by atoms with van der Waals surface area (Å²) in [6.07, 6.45) is 1.02. The summed E-state index contributed by atoms with van der Waals surface area (Å²) >= 11 is 0. The predicted octanol–water partition coefficient (Wildman–Crippen LogP) is 2.22. The molecule has 2 aromatic carbocycles. The van der Waals surface area contributed by atoms with Gasteiger partial charge in [0.25, 0.3) is 0 Å². The molecule has 0 radical (unpaired) electrons. The number of nitrogens with zero attached hydrogens (tertiary/aromatic N) is 1. The van der Waals surface area contributed by atoms with Crippen molar-refractivity contribution in [3.05, 3.63) is 70.7 Å². The van der Waals surface area contributed by atoms with Crippen molar-refractivity contribution in [1.29, 1.82) is 0 Å². The SMILES string of the molecule is O=C(Cn1c(=O)oc2ccccc21)NC(c1ccccc1)C1CC(O)C1. The Morgan fingerprint density at radius 1 is 1.15 bits per heavy atom. The highest BCUT2D eigenvalue weighted by Crippen LogP contribution is 2.38. The highest BCUT2D eigenvalue weighted by Gasteiger charge is 2.35. The van der Waals surface area contributed by atoms with Crippen LogP contribution < -0.4 is 11.1 Å². The van der Waals surface area contributed by atoms with E-state index in [-0.39, 0.29) is 30.5 Å². The molecule has 0 saturated heterocycles. The van der Waals surface area contributed by atoms with Gasteiger partial charge in [-0.2, -0.15) is 0 Å². The second kappa shape index (κ2) is 6.80. The molecule has 1 aromatic heterocycles. The average Bonchev–Trinajstić information content (AvgIpc) is 2.94. The molecule has 134 valence electrons. The number of aromatic nitrogens is 1. The first-order chi connectivity index (χ1) is 12.6. The number of amides is 1. The van der Waals surface area contributed by atoms with E-state index in [4.69, 9.17) is 4.42 Å². The molecule has 1 atom stereocenters. The molecule has 1 unspecified atom stereocenters. The lowest BCUT2D eigenvalue weighted by Gasteiger charge is -2.38. The Balaban J connectivity index is 1.55. The van der Waals surface area contributed by atoms with Gasteiger partial charge in [-0.05, 0) is 36.5 Å². The van der Waals surface area contributed by atoms with Crippen LogP contribution in [-0.4, -0.2) is 21.7 Å². The standard InChI is InChI=1S/C20H20N2O4/c23-15-10-14(11-15)19(13-6-2-1-3-7-13)21-18(24)12-22-16-8-4-5-9-17(16)26-20(22)25/h1-9,14-15,19,23H,10-12H2,(H,21,24). The fourth-order valence-electron chi connectivity index (χ4n) is 3.56. The summed E-state index contributed by atoms with van der Waals surface area (Å²) in [4.78, 5) is 24.7. The Morgan fingerprint density at radius 2 is 1.85 bits per heavy atom. The maximum Gasteiger partial charge on any atom is 0.420 e. The van der Waals surface area contributed by atoms with Crippen molar-refractivity contribution < 1.29 is 14.3 Å². The van der Waals surface area contributed by atoms with Gasteiger partial charge < -0.3 is 14.8 Å². The van der Waals surface area contributed by atoms with Crippen LogP contribution in [0, 0.1) is 5.92 Å². The molecule has 3 aromatic rings. The number of nitrogens with one attached hydrogen (secondary N) is 1. The predicted molar refractivity (Wildman–Crippen MR) is 96.5 cm³/mol. The molecule has 0 bridgehead atoms. The summed E-state index contributed by atoms with van der Waals surface area (Å²) in [5, 5.41) is 12.7. The molecule has 1 heterocycles. The number of para-hydroxylation sites is 2. The maximum atomic E-state index is 12.6. The van der Waals surface area contributed by atoms with E-state index >= 15 is 0 Å². The number of fused-ring (bicyclic) bond motifs is 1. The molecule has 1 fully saturated rings. The first kappa shape index (κ1) is 16.6. The van der Waals surface area contributed by atoms with Gasteiger partial charge in [-0.3, -0.25) is 9.36 Å². The van der Waals surface area contributed by atoms with Crippen molar-refractivity contribution >= 4 is 17.0 Å². The van der Waals surface area contributed by atoms with Crippen LogP contribution in [0.3, 0.4) is 0 Å². The third-order valence-electron chi connectivity index (χ3n) is 4.97. The lowest BCUT2D eigenvalue weighted by atomic mass is 9.75. The zero-order valence-electron chi connectivity index (χ0n) is 14.2. The molecule has 1 aliphatic rings. The Hall–Kier alpha value is -2.86. The number of hydrogen-bond donors (Lipinski definition) is 2. The van der Waals surface area contributed by atoms with E-state index in [1.807, 2.05) is 30.3 Å². The molecule has 26 heavy (non-hydrogen) atoms. The van der Waals surface area contributed by atoms with Crippen molar-refractivity contribution in [3.63, 3.8) is 0 Å². The number of aliphatic hydroxyl groups is 1. The Morgan fingerprint density at radius 3 is 2.58 bits per heavy atom. The monoisotopic (exact) mass is 352 g/mol. The quantitative estimate of drug-likeness (QED) is 0.737. The minimum Gasteiger partial charge on any atom is -0.408 e. The molecule has 2 N–H and O–H groups in total. The van der Waals surface area contributed by atoms with Gasteiger partial charge >= 0.3 is 5.76 Å². The molecular weight excluding hydrogens is 332 g/mol. The van der Waals surface area contributed by atoms with Gasteiger partial charge in [0.15, 0.2) is 5.58 Å². The van der Waals surface area contributed by atoms with Crippen LogP contribution in [0.1, 0.15) is 24.4 Å². The maximum absolute atomic E-state index is 12.6. The molecule has 0 spiro atoms. The number of oxazole rings is 1. The van der Waals surface area contributed by atoms with Gasteiger partial charge in [0.2, 0.25) is 5.91 Å². The molecule has 4 rings (SSSR count). The summed E-state index contributed by atoms with van der Waals surface area (Å²) in [5.74, 6) is -0.611. The Labute approximate surface area is 150 Å². The summed E-state index contributed by atoms with van der Waals surface area (Å²) in [6, 6.07) is 16.6. The molecule has 6 nitrogen and oxygen atoms in total. The van der Waals surface area contributed by atoms with Gasteiger partial charge in [-0.1, -0.05) is 42.5 Å². The largest absolute Gasteiger partial charge is 0.420 e. The van der Waals surface area contributed by atoms with E-state index in [1.165, 1.54) is 4.57 Å². The Bertz CT molecular complexity index is 970. The summed E-state index contributed by atoms with van der Waals surface area (Å²) in [5.41, 5.74) is 2.07. The van der Waals surface area contributed by atoms with E-state index in [9.17, 15) is 14.7 Å². The van der Waals surface area contributed by atoms with Crippen LogP contribution in [0.2, 0.25) is 0 Å². The number of carbonyl (C=O) groups excluding carboxylic acids is 1. The second-order valence-corrected chi connectivity index (χ2v) is 6.76. The first-order valence-electron chi connectivity index (χ1n) is 8.72. The minimum atomic E-state index is -0.545. The normalized spacial score (nSPS) is 20.5. The second-order valence-electron chi connectivity index (χ2n) is 6.76. The number of rotatable bonds is 5. The third-order valence-corrected chi connectivity index (χ3v) is 4.97. The van der Waals surface area contributed by atoms with Crippen molar-refractivity contribution in [3.8, 4) is 0 Å². The van der Waals surface area contributed by atoms with Gasteiger partial charge in [0, 0.05) is 0 Å². The van der Waals surface area contributed by atoms with Gasteiger partial charge in [0.1, 0.15) is 6.54 Å². The molecule has 0 aliphatic heterocycles. The van der Waals surface area contributed by atoms with E-state index in [0.29, 0.717) is 23.9 Å². The van der Waals surface area contributed by atoms with Gasteiger partial charge in [-0.25, -0.2) is 4.79 Å². The van der Waals surface area contributed by atoms with Crippen molar-refractivity contribution in [2.75, 3.05) is 0 Å². The van der Waals surface area contributed by atoms with Gasteiger partial charge in [-0.15, -0.1) is 0 Å². The smallest absolute Gasteiger partial charge is 0.408 e. The number of benzene rings is 2. The molecule has 1 amide bonds. The van der Waals surface area contributed by atoms with Crippen LogP contribution >= 0.6 is 0 Å². The highest BCUT2D eigenvalue weighted by molar-refractivity contribution is 5.79. The number of carbonyl (C=O) groups is 1. The van der Waals surface area contributed by atoms with E-state index in [1.54, 1.807) is 24.3 Å². The van der Waals surface area contributed by atoms with Crippen LogP contribution in [0.4, 0.5) is 0 Å². The minimum absolute atomic E-state index is 0.103. The highest BCUT2D eigenvalue weighted by atomic mass is 16.4. The first-order valence-corrected chi connectivity index (χ1v) is 8.72. The zero-order chi connectivity index (χ0) is 18.1. The lowest BCUT2D eigenvalue weighted by molar-refractivity contribution is -0.123. The van der Waals surface area contributed by atoms with E-state index in [2.05, 4.69) is 5.32 Å². The molecule has 6 heteroatoms. The fourth-order valence-corrected chi connectivity index (χ4v) is 3.56. The van der Waals surface area contributed by atoms with Crippen molar-refractivity contribution in [2.24, 2.45) is 5.92 Å². The van der Waals surface area contributed by atoms with Crippen molar-refractivity contribution in [1.82, 2.24) is 9.88 Å². The van der Waals surface area contributed by atoms with Crippen LogP contribution in [0.5, 0.6) is 0 Å².